The third-order valence-corrected chi connectivity index (χ3v) is 2.84. The van der Waals surface area contributed by atoms with E-state index in [1.807, 2.05) is 45.3 Å². The van der Waals surface area contributed by atoms with E-state index >= 15 is 0 Å². The second-order valence-corrected chi connectivity index (χ2v) is 4.44. The predicted molar refractivity (Wildman–Crippen MR) is 80.1 cm³/mol. The van der Waals surface area contributed by atoms with Crippen LogP contribution in [0.3, 0.4) is 0 Å². The van der Waals surface area contributed by atoms with Crippen molar-refractivity contribution in [3.63, 3.8) is 0 Å². The Balaban J connectivity index is 0.000000322. The van der Waals surface area contributed by atoms with Crippen molar-refractivity contribution in [2.45, 2.75) is 46.5 Å². The largest absolute Gasteiger partial charge is 1.00 e. The number of hydrogen-bond acceptors (Lipinski definition) is 2. The summed E-state index contributed by atoms with van der Waals surface area (Å²) in [7, 11) is 0. The average Bonchev–Trinajstić information content (AvgIpc) is 3.28. The van der Waals surface area contributed by atoms with Gasteiger partial charge in [0.25, 0.3) is 0 Å². The van der Waals surface area contributed by atoms with Gasteiger partial charge in [0, 0.05) is 12.4 Å². The van der Waals surface area contributed by atoms with Crippen LogP contribution in [0.15, 0.2) is 36.8 Å². The first-order chi connectivity index (χ1) is 9.27. The normalized spacial score (nSPS) is 12.0. The predicted octanol–water partition coefficient (Wildman–Crippen LogP) is 1.49. The molecule has 0 N–H and O–H groups in total. The summed E-state index contributed by atoms with van der Waals surface area (Å²) in [4.78, 5) is 7.87. The van der Waals surface area contributed by atoms with Gasteiger partial charge in [0.05, 0.1) is 0 Å². The molecule has 3 heteroatoms. The monoisotopic (exact) mass is 294 g/mol. The van der Waals surface area contributed by atoms with Gasteiger partial charge in [-0.3, -0.25) is 4.98 Å². The van der Waals surface area contributed by atoms with Crippen molar-refractivity contribution in [2.24, 2.45) is 0 Å². The van der Waals surface area contributed by atoms with E-state index in [2.05, 4.69) is 29.2 Å². The summed E-state index contributed by atoms with van der Waals surface area (Å²) in [6, 6.07) is 5.95. The molecule has 102 valence electrons. The Morgan fingerprint density at radius 3 is 2.20 bits per heavy atom. The van der Waals surface area contributed by atoms with Crippen molar-refractivity contribution >= 4 is 0 Å². The van der Waals surface area contributed by atoms with E-state index in [0.717, 1.165) is 11.5 Å². The van der Waals surface area contributed by atoms with Gasteiger partial charge in [-0.25, -0.2) is 0 Å². The number of hydrogen-bond donors (Lipinski definition) is 0. The van der Waals surface area contributed by atoms with Crippen LogP contribution in [0.25, 0.3) is 0 Å². The van der Waals surface area contributed by atoms with Crippen molar-refractivity contribution in [3.8, 4) is 0 Å². The second kappa shape index (κ2) is 11.6. The van der Waals surface area contributed by atoms with E-state index in [1.165, 1.54) is 24.0 Å². The van der Waals surface area contributed by atoms with E-state index in [-0.39, 0.29) is 51.4 Å². The second-order valence-electron chi connectivity index (χ2n) is 4.44. The summed E-state index contributed by atoms with van der Waals surface area (Å²) in [6.45, 7) is 8.13. The molecule has 2 heterocycles. The molecule has 2 nitrogen and oxygen atoms in total. The molecule has 1 saturated carbocycles. The SMILES string of the molecule is CC.Cc1[c-]nccc1.Cc1ccncc1C1CC1.[K+]. The van der Waals surface area contributed by atoms with Gasteiger partial charge in [-0.15, -0.1) is 5.56 Å². The van der Waals surface area contributed by atoms with Gasteiger partial charge in [0.1, 0.15) is 0 Å². The van der Waals surface area contributed by atoms with Crippen LogP contribution in [0.1, 0.15) is 49.3 Å². The Morgan fingerprint density at radius 1 is 1.10 bits per heavy atom. The van der Waals surface area contributed by atoms with Crippen molar-refractivity contribution in [1.29, 1.82) is 0 Å². The summed E-state index contributed by atoms with van der Waals surface area (Å²) >= 11 is 0. The fourth-order valence-electron chi connectivity index (χ4n) is 1.70. The van der Waals surface area contributed by atoms with Gasteiger partial charge in [-0.05, 0) is 42.9 Å². The molecular weight excluding hydrogens is 271 g/mol. The number of aryl methyl sites for hydroxylation is 2. The zero-order valence-electron chi connectivity index (χ0n) is 13.4. The first-order valence-corrected chi connectivity index (χ1v) is 6.97. The summed E-state index contributed by atoms with van der Waals surface area (Å²) in [5.74, 6) is 0.841. The Labute approximate surface area is 165 Å². The molecule has 2 aromatic rings. The third-order valence-electron chi connectivity index (χ3n) is 2.84. The minimum absolute atomic E-state index is 0. The molecule has 1 aliphatic carbocycles. The van der Waals surface area contributed by atoms with Crippen molar-refractivity contribution in [1.82, 2.24) is 9.97 Å². The fraction of sp³-hybridized carbons (Fsp3) is 0.412. The van der Waals surface area contributed by atoms with E-state index in [9.17, 15) is 0 Å². The molecule has 0 aromatic carbocycles. The van der Waals surface area contributed by atoms with Gasteiger partial charge in [-0.2, -0.15) is 12.1 Å². The van der Waals surface area contributed by atoms with Gasteiger partial charge in [-0.1, -0.05) is 33.2 Å². The summed E-state index contributed by atoms with van der Waals surface area (Å²) in [5, 5.41) is 0. The maximum absolute atomic E-state index is 4.11. The molecule has 2 aromatic heterocycles. The van der Waals surface area contributed by atoms with Crippen LogP contribution in [0.4, 0.5) is 0 Å². The molecule has 3 rings (SSSR count). The Hall–Kier alpha value is -0.0636. The van der Waals surface area contributed by atoms with E-state index in [0.29, 0.717) is 0 Å². The Kier molecular flexibility index (Phi) is 11.5. The summed E-state index contributed by atoms with van der Waals surface area (Å²) in [6.07, 6.45) is 11.1. The third kappa shape index (κ3) is 7.65. The van der Waals surface area contributed by atoms with Crippen LogP contribution in [0.5, 0.6) is 0 Å². The Bertz CT molecular complexity index is 467. The number of aromatic nitrogens is 2. The van der Waals surface area contributed by atoms with Gasteiger partial charge in [0.2, 0.25) is 0 Å². The average molecular weight is 294 g/mol. The van der Waals surface area contributed by atoms with Crippen LogP contribution in [-0.2, 0) is 0 Å². The van der Waals surface area contributed by atoms with Crippen LogP contribution in [-0.4, -0.2) is 9.97 Å². The smallest absolute Gasteiger partial charge is 0.394 e. The van der Waals surface area contributed by atoms with Gasteiger partial charge in [0.15, 0.2) is 0 Å². The zero-order valence-corrected chi connectivity index (χ0v) is 16.5. The number of pyridine rings is 2. The molecule has 0 saturated heterocycles. The standard InChI is InChI=1S/C9H11N.C6H6N.C2H6.K/c1-7-4-5-10-6-9(7)8-2-3-8;1-6-3-2-4-7-5-6;1-2;/h4-6,8H,2-3H2,1H3;2-4H,1H3;1-2H3;/q;-1;;+1. The van der Waals surface area contributed by atoms with Gasteiger partial charge < -0.3 is 4.98 Å². The molecule has 1 fully saturated rings. The van der Waals surface area contributed by atoms with Crippen LogP contribution >= 0.6 is 0 Å². The molecule has 0 unspecified atom stereocenters. The molecule has 0 atom stereocenters. The summed E-state index contributed by atoms with van der Waals surface area (Å²) < 4.78 is 0. The summed E-state index contributed by atoms with van der Waals surface area (Å²) in [5.41, 5.74) is 3.95. The minimum Gasteiger partial charge on any atom is -0.394 e. The van der Waals surface area contributed by atoms with E-state index < -0.39 is 0 Å². The fourth-order valence-corrected chi connectivity index (χ4v) is 1.70. The van der Waals surface area contributed by atoms with Crippen molar-refractivity contribution in [2.75, 3.05) is 0 Å². The molecule has 0 radical (unpaired) electrons. The topological polar surface area (TPSA) is 25.8 Å². The first kappa shape index (κ1) is 19.9. The Morgan fingerprint density at radius 2 is 1.80 bits per heavy atom. The van der Waals surface area contributed by atoms with E-state index in [1.54, 1.807) is 6.20 Å². The van der Waals surface area contributed by atoms with E-state index in [4.69, 9.17) is 0 Å². The molecule has 1 aliphatic rings. The quantitative estimate of drug-likeness (QED) is 0.588. The van der Waals surface area contributed by atoms with Crippen LogP contribution in [0.2, 0.25) is 0 Å². The molecule has 0 aliphatic heterocycles. The maximum Gasteiger partial charge on any atom is 1.00 e. The molecule has 20 heavy (non-hydrogen) atoms. The van der Waals surface area contributed by atoms with Crippen molar-refractivity contribution < 1.29 is 51.4 Å². The molecule has 0 amide bonds. The minimum atomic E-state index is 0. The molecule has 0 spiro atoms. The van der Waals surface area contributed by atoms with Crippen LogP contribution < -0.4 is 51.4 Å². The zero-order chi connectivity index (χ0) is 14.1. The molecular formula is C17H23KN2. The number of nitrogens with zero attached hydrogens (tertiary/aromatic N) is 2. The van der Waals surface area contributed by atoms with Crippen LogP contribution in [0, 0.1) is 20.0 Å². The number of rotatable bonds is 1. The maximum atomic E-state index is 4.11. The molecule has 0 bridgehead atoms. The first-order valence-electron chi connectivity index (χ1n) is 6.97. The van der Waals surface area contributed by atoms with Gasteiger partial charge >= 0.3 is 51.4 Å². The van der Waals surface area contributed by atoms with Crippen molar-refractivity contribution in [3.05, 3.63) is 59.7 Å².